The Labute approximate surface area is 225 Å². The molecular weight excluding hydrogens is 536 g/mol. The van der Waals surface area contributed by atoms with Crippen molar-refractivity contribution in [2.45, 2.75) is 52.1 Å². The van der Waals surface area contributed by atoms with E-state index in [0.717, 1.165) is 50.0 Å². The number of piperidine rings is 2. The molecule has 3 heterocycles. The zero-order chi connectivity index (χ0) is 26.5. The lowest BCUT2D eigenvalue weighted by molar-refractivity contribution is -0.137. The van der Waals surface area contributed by atoms with Crippen molar-refractivity contribution in [3.8, 4) is 0 Å². The average molecular weight is 572 g/mol. The minimum atomic E-state index is -0.357. The number of nitrogens with one attached hydrogen (secondary N) is 5. The van der Waals surface area contributed by atoms with Gasteiger partial charge < -0.3 is 31.2 Å². The number of hydrogen-bond acceptors (Lipinski definition) is 6. The molecule has 2 amide bonds. The first kappa shape index (κ1) is 27.1. The van der Waals surface area contributed by atoms with Gasteiger partial charge in [-0.05, 0) is 76.4 Å². The van der Waals surface area contributed by atoms with Crippen LogP contribution >= 0.6 is 15.9 Å². The van der Waals surface area contributed by atoms with Crippen LogP contribution in [0.25, 0.3) is 0 Å². The summed E-state index contributed by atoms with van der Waals surface area (Å²) in [6.07, 6.45) is 4.60. The van der Waals surface area contributed by atoms with Gasteiger partial charge in [0.15, 0.2) is 0 Å². The van der Waals surface area contributed by atoms with Crippen molar-refractivity contribution >= 4 is 39.6 Å². The van der Waals surface area contributed by atoms with E-state index in [-0.39, 0.29) is 35.9 Å². The van der Waals surface area contributed by atoms with E-state index < -0.39 is 0 Å². The van der Waals surface area contributed by atoms with Gasteiger partial charge in [0, 0.05) is 64.8 Å². The first-order valence-corrected chi connectivity index (χ1v) is 13.6. The topological polar surface area (TPSA) is 130 Å². The number of hydrogen-bond donors (Lipinski definition) is 5. The second-order valence-electron chi connectivity index (χ2n) is 9.95. The second kappa shape index (κ2) is 12.0. The molecule has 2 aliphatic rings. The predicted octanol–water partition coefficient (Wildman–Crippen LogP) is 3.08. The molecule has 0 atom stereocenters. The smallest absolute Gasteiger partial charge is 0.253 e. The Hall–Kier alpha value is -2.98. The van der Waals surface area contributed by atoms with E-state index in [1.54, 1.807) is 6.07 Å². The molecular formula is C27H35BrN6O3. The van der Waals surface area contributed by atoms with Crippen molar-refractivity contribution in [3.63, 3.8) is 0 Å². The summed E-state index contributed by atoms with van der Waals surface area (Å²) in [6.45, 7) is 6.97. The lowest BCUT2D eigenvalue weighted by Crippen LogP contribution is -2.46. The van der Waals surface area contributed by atoms with Crippen LogP contribution in [0.15, 0.2) is 27.5 Å². The standard InChI is InChI=1S/C27H35BrN6O3/c1-16-11-17(2)32-26(36)23(16)15-31-25(35)21-12-19(28)13-24(22(21)14-29)33-20-5-9-34(10-6-20)27(37)18-3-7-30-8-4-18/h11-14,18,20,29-30,33H,3-10,15H2,1-2H3,(H,31,35)(H,32,36). The van der Waals surface area contributed by atoms with Gasteiger partial charge in [0.1, 0.15) is 0 Å². The lowest BCUT2D eigenvalue weighted by atomic mass is 9.94. The monoisotopic (exact) mass is 570 g/mol. The number of nitrogens with zero attached hydrogens (tertiary/aromatic N) is 1. The number of likely N-dealkylation sites (tertiary alicyclic amines) is 1. The van der Waals surface area contributed by atoms with Crippen LogP contribution < -0.4 is 21.5 Å². The molecule has 37 heavy (non-hydrogen) atoms. The fourth-order valence-corrected chi connectivity index (χ4v) is 5.69. The van der Waals surface area contributed by atoms with Crippen molar-refractivity contribution in [2.24, 2.45) is 5.92 Å². The molecule has 0 bridgehead atoms. The molecule has 2 saturated heterocycles. The van der Waals surface area contributed by atoms with Gasteiger partial charge in [-0.25, -0.2) is 0 Å². The number of rotatable bonds is 7. The molecule has 0 aliphatic carbocycles. The maximum Gasteiger partial charge on any atom is 0.253 e. The van der Waals surface area contributed by atoms with Gasteiger partial charge >= 0.3 is 0 Å². The number of H-pyrrole nitrogens is 1. The van der Waals surface area contributed by atoms with Crippen LogP contribution in [0.4, 0.5) is 5.69 Å². The minimum absolute atomic E-state index is 0.0938. The van der Waals surface area contributed by atoms with Crippen LogP contribution in [-0.4, -0.2) is 60.1 Å². The highest BCUT2D eigenvalue weighted by Gasteiger charge is 2.29. The van der Waals surface area contributed by atoms with Crippen molar-refractivity contribution in [1.82, 2.24) is 20.5 Å². The fraction of sp³-hybridized carbons (Fsp3) is 0.481. The van der Waals surface area contributed by atoms with Gasteiger partial charge in [0.25, 0.3) is 11.5 Å². The number of aromatic amines is 1. The zero-order valence-corrected chi connectivity index (χ0v) is 23.0. The van der Waals surface area contributed by atoms with E-state index in [9.17, 15) is 14.4 Å². The number of halogens is 1. The molecule has 2 fully saturated rings. The minimum Gasteiger partial charge on any atom is -0.382 e. The summed E-state index contributed by atoms with van der Waals surface area (Å²) in [5, 5.41) is 17.7. The largest absolute Gasteiger partial charge is 0.382 e. The summed E-state index contributed by atoms with van der Waals surface area (Å²) in [5.41, 5.74) is 3.42. The summed E-state index contributed by atoms with van der Waals surface area (Å²) in [7, 11) is 0. The molecule has 2 aromatic rings. The van der Waals surface area contributed by atoms with Crippen LogP contribution in [0.3, 0.4) is 0 Å². The van der Waals surface area contributed by atoms with E-state index in [1.807, 2.05) is 30.9 Å². The molecule has 0 unspecified atom stereocenters. The first-order chi connectivity index (χ1) is 17.8. The fourth-order valence-electron chi connectivity index (χ4n) is 5.24. The molecule has 1 aromatic heterocycles. The highest BCUT2D eigenvalue weighted by molar-refractivity contribution is 9.10. The maximum atomic E-state index is 13.1. The van der Waals surface area contributed by atoms with Gasteiger partial charge in [-0.2, -0.15) is 0 Å². The Morgan fingerprint density at radius 2 is 1.84 bits per heavy atom. The third kappa shape index (κ3) is 6.48. The molecule has 0 spiro atoms. The highest BCUT2D eigenvalue weighted by atomic mass is 79.9. The molecule has 9 nitrogen and oxygen atoms in total. The number of benzene rings is 1. The van der Waals surface area contributed by atoms with Crippen LogP contribution in [-0.2, 0) is 11.3 Å². The number of anilines is 1. The Bertz CT molecular complexity index is 1230. The normalized spacial score (nSPS) is 16.9. The van der Waals surface area contributed by atoms with Gasteiger partial charge in [0.05, 0.1) is 5.56 Å². The molecule has 198 valence electrons. The summed E-state index contributed by atoms with van der Waals surface area (Å²) < 4.78 is 0.716. The van der Waals surface area contributed by atoms with Crippen molar-refractivity contribution in [1.29, 1.82) is 5.41 Å². The van der Waals surface area contributed by atoms with E-state index in [2.05, 4.69) is 36.9 Å². The number of aryl methyl sites for hydroxylation is 2. The zero-order valence-electron chi connectivity index (χ0n) is 21.4. The van der Waals surface area contributed by atoms with E-state index in [0.29, 0.717) is 39.9 Å². The maximum absolute atomic E-state index is 13.1. The number of carbonyl (C=O) groups excluding carboxylic acids is 2. The highest BCUT2D eigenvalue weighted by Crippen LogP contribution is 2.28. The van der Waals surface area contributed by atoms with Crippen LogP contribution in [0.5, 0.6) is 0 Å². The van der Waals surface area contributed by atoms with Crippen LogP contribution in [0, 0.1) is 25.2 Å². The van der Waals surface area contributed by atoms with Gasteiger partial charge in [-0.3, -0.25) is 14.4 Å². The summed E-state index contributed by atoms with van der Waals surface area (Å²) in [4.78, 5) is 43.1. The number of carbonyl (C=O) groups is 2. The van der Waals surface area contributed by atoms with Gasteiger partial charge in [-0.1, -0.05) is 15.9 Å². The number of aromatic nitrogens is 1. The van der Waals surface area contributed by atoms with Crippen LogP contribution in [0.1, 0.15) is 58.4 Å². The summed E-state index contributed by atoms with van der Waals surface area (Å²) >= 11 is 3.50. The molecule has 4 rings (SSSR count). The van der Waals surface area contributed by atoms with Gasteiger partial charge in [0.2, 0.25) is 5.91 Å². The van der Waals surface area contributed by atoms with Crippen LogP contribution in [0.2, 0.25) is 0 Å². The summed E-state index contributed by atoms with van der Waals surface area (Å²) in [5.74, 6) is 0.0366. The van der Waals surface area contributed by atoms with Gasteiger partial charge in [-0.15, -0.1) is 0 Å². The van der Waals surface area contributed by atoms with E-state index in [4.69, 9.17) is 5.41 Å². The Kier molecular flexibility index (Phi) is 8.81. The molecule has 10 heteroatoms. The number of pyridine rings is 1. The Morgan fingerprint density at radius 1 is 1.14 bits per heavy atom. The van der Waals surface area contributed by atoms with Crippen molar-refractivity contribution < 1.29 is 9.59 Å². The molecule has 5 N–H and O–H groups in total. The summed E-state index contributed by atoms with van der Waals surface area (Å²) in [6, 6.07) is 5.57. The molecule has 0 saturated carbocycles. The third-order valence-corrected chi connectivity index (χ3v) is 7.77. The average Bonchev–Trinajstić information content (AvgIpc) is 2.88. The quantitative estimate of drug-likeness (QED) is 0.326. The SMILES string of the molecule is Cc1cc(C)c(CNC(=O)c2cc(Br)cc(NC3CCN(C(=O)C4CCNCC4)CC3)c2C=N)c(=O)[nH]1. The first-order valence-electron chi connectivity index (χ1n) is 12.8. The molecule has 1 aromatic carbocycles. The Morgan fingerprint density at radius 3 is 2.49 bits per heavy atom. The van der Waals surface area contributed by atoms with Crippen molar-refractivity contribution in [3.05, 3.63) is 61.0 Å². The van der Waals surface area contributed by atoms with E-state index in [1.165, 1.54) is 6.21 Å². The third-order valence-electron chi connectivity index (χ3n) is 7.31. The predicted molar refractivity (Wildman–Crippen MR) is 149 cm³/mol. The van der Waals surface area contributed by atoms with E-state index >= 15 is 0 Å². The molecule has 0 radical (unpaired) electrons. The molecule has 2 aliphatic heterocycles. The lowest BCUT2D eigenvalue weighted by Gasteiger charge is -2.36. The second-order valence-corrected chi connectivity index (χ2v) is 10.9. The van der Waals surface area contributed by atoms with Crippen molar-refractivity contribution in [2.75, 3.05) is 31.5 Å². The Balaban J connectivity index is 1.42. The number of amides is 2.